The van der Waals surface area contributed by atoms with Gasteiger partial charge in [0.2, 0.25) is 10.0 Å². The first-order valence-corrected chi connectivity index (χ1v) is 6.84. The van der Waals surface area contributed by atoms with E-state index >= 15 is 0 Å². The fourth-order valence-electron chi connectivity index (χ4n) is 1.49. The van der Waals surface area contributed by atoms with Gasteiger partial charge in [-0.2, -0.15) is 0 Å². The first kappa shape index (κ1) is 12.4. The fourth-order valence-corrected chi connectivity index (χ4v) is 2.51. The van der Waals surface area contributed by atoms with E-state index in [0.29, 0.717) is 12.5 Å². The largest absolute Gasteiger partial charge is 0.481 e. The lowest BCUT2D eigenvalue weighted by atomic mass is 9.83. The number of hydrogen-bond donors (Lipinski definition) is 2. The summed E-state index contributed by atoms with van der Waals surface area (Å²) < 4.78 is 24.9. The Hall–Kier alpha value is -0.620. The van der Waals surface area contributed by atoms with Gasteiger partial charge in [-0.05, 0) is 12.3 Å². The third kappa shape index (κ3) is 5.13. The number of sulfonamides is 1. The highest BCUT2D eigenvalue weighted by Crippen LogP contribution is 2.28. The van der Waals surface area contributed by atoms with Crippen LogP contribution in [0.3, 0.4) is 0 Å². The second kappa shape index (κ2) is 5.46. The van der Waals surface area contributed by atoms with Gasteiger partial charge < -0.3 is 5.11 Å². The van der Waals surface area contributed by atoms with E-state index in [0.717, 1.165) is 6.42 Å². The van der Waals surface area contributed by atoms with Crippen LogP contribution in [-0.2, 0) is 14.8 Å². The SMILES string of the molecule is O=C(O)CCS(=O)(=O)NCCC1CCC1. The molecule has 1 saturated carbocycles. The molecular weight excluding hydrogens is 218 g/mol. The highest BCUT2D eigenvalue weighted by Gasteiger charge is 2.18. The van der Waals surface area contributed by atoms with Crippen LogP contribution in [0, 0.1) is 5.92 Å². The van der Waals surface area contributed by atoms with Gasteiger partial charge >= 0.3 is 5.97 Å². The van der Waals surface area contributed by atoms with Crippen molar-refractivity contribution in [1.29, 1.82) is 0 Å². The van der Waals surface area contributed by atoms with Crippen molar-refractivity contribution in [3.63, 3.8) is 0 Å². The monoisotopic (exact) mass is 235 g/mol. The van der Waals surface area contributed by atoms with Crippen LogP contribution in [0.25, 0.3) is 0 Å². The van der Waals surface area contributed by atoms with Crippen molar-refractivity contribution in [2.45, 2.75) is 32.1 Å². The fraction of sp³-hybridized carbons (Fsp3) is 0.889. The number of carbonyl (C=O) groups is 1. The number of rotatable bonds is 7. The van der Waals surface area contributed by atoms with Crippen molar-refractivity contribution in [3.8, 4) is 0 Å². The molecule has 15 heavy (non-hydrogen) atoms. The molecule has 0 atom stereocenters. The summed E-state index contributed by atoms with van der Waals surface area (Å²) in [5.41, 5.74) is 0. The second-order valence-corrected chi connectivity index (χ2v) is 5.87. The topological polar surface area (TPSA) is 83.5 Å². The molecule has 0 aromatic rings. The maximum absolute atomic E-state index is 11.2. The van der Waals surface area contributed by atoms with Gasteiger partial charge in [-0.25, -0.2) is 13.1 Å². The molecule has 0 radical (unpaired) electrons. The molecule has 0 aliphatic heterocycles. The van der Waals surface area contributed by atoms with E-state index in [1.807, 2.05) is 0 Å². The van der Waals surface area contributed by atoms with Crippen molar-refractivity contribution < 1.29 is 18.3 Å². The van der Waals surface area contributed by atoms with Crippen LogP contribution in [0.5, 0.6) is 0 Å². The summed E-state index contributed by atoms with van der Waals surface area (Å²) in [5.74, 6) is -0.751. The maximum Gasteiger partial charge on any atom is 0.304 e. The van der Waals surface area contributed by atoms with E-state index < -0.39 is 16.0 Å². The Morgan fingerprint density at radius 3 is 2.53 bits per heavy atom. The summed E-state index contributed by atoms with van der Waals surface area (Å²) in [5, 5.41) is 8.35. The molecule has 1 rings (SSSR count). The second-order valence-electron chi connectivity index (χ2n) is 3.94. The van der Waals surface area contributed by atoms with Gasteiger partial charge in [0, 0.05) is 6.54 Å². The Morgan fingerprint density at radius 2 is 2.07 bits per heavy atom. The minimum absolute atomic E-state index is 0.326. The van der Waals surface area contributed by atoms with Gasteiger partial charge in [-0.3, -0.25) is 4.79 Å². The maximum atomic E-state index is 11.2. The van der Waals surface area contributed by atoms with E-state index in [2.05, 4.69) is 4.72 Å². The van der Waals surface area contributed by atoms with Crippen LogP contribution >= 0.6 is 0 Å². The molecule has 5 nitrogen and oxygen atoms in total. The lowest BCUT2D eigenvalue weighted by Gasteiger charge is -2.25. The Balaban J connectivity index is 2.14. The quantitative estimate of drug-likeness (QED) is 0.675. The smallest absolute Gasteiger partial charge is 0.304 e. The predicted octanol–water partition coefficient (Wildman–Crippen LogP) is 0.571. The van der Waals surface area contributed by atoms with Crippen LogP contribution in [-0.4, -0.2) is 31.8 Å². The van der Waals surface area contributed by atoms with Crippen LogP contribution in [0.2, 0.25) is 0 Å². The van der Waals surface area contributed by atoms with E-state index in [1.54, 1.807) is 0 Å². The number of aliphatic carboxylic acids is 1. The van der Waals surface area contributed by atoms with Crippen molar-refractivity contribution >= 4 is 16.0 Å². The molecule has 0 heterocycles. The third-order valence-corrected chi connectivity index (χ3v) is 4.07. The zero-order valence-electron chi connectivity index (χ0n) is 8.61. The number of carboxylic acids is 1. The molecule has 1 aliphatic carbocycles. The van der Waals surface area contributed by atoms with Gasteiger partial charge in [-0.1, -0.05) is 19.3 Å². The zero-order chi connectivity index (χ0) is 11.3. The Kier molecular flexibility index (Phi) is 4.53. The molecular formula is C9H17NO4S. The average molecular weight is 235 g/mol. The number of hydrogen-bond acceptors (Lipinski definition) is 3. The number of nitrogens with one attached hydrogen (secondary N) is 1. The summed E-state index contributed by atoms with van der Waals surface area (Å²) in [7, 11) is -3.39. The van der Waals surface area contributed by atoms with Gasteiger partial charge in [0.25, 0.3) is 0 Å². The lowest BCUT2D eigenvalue weighted by Crippen LogP contribution is -2.30. The summed E-state index contributed by atoms with van der Waals surface area (Å²) in [6, 6.07) is 0. The molecule has 0 aromatic heterocycles. The summed E-state index contributed by atoms with van der Waals surface area (Å²) >= 11 is 0. The van der Waals surface area contributed by atoms with Gasteiger partial charge in [-0.15, -0.1) is 0 Å². The molecule has 0 saturated heterocycles. The Labute approximate surface area is 89.9 Å². The van der Waals surface area contributed by atoms with Crippen molar-refractivity contribution in [2.75, 3.05) is 12.3 Å². The van der Waals surface area contributed by atoms with Crippen LogP contribution in [0.15, 0.2) is 0 Å². The Bertz CT molecular complexity index is 308. The molecule has 0 amide bonds. The van der Waals surface area contributed by atoms with Crippen LogP contribution < -0.4 is 4.72 Å². The molecule has 0 aromatic carbocycles. The van der Waals surface area contributed by atoms with E-state index in [-0.39, 0.29) is 12.2 Å². The van der Waals surface area contributed by atoms with E-state index in [4.69, 9.17) is 5.11 Å². The van der Waals surface area contributed by atoms with Gasteiger partial charge in [0.1, 0.15) is 0 Å². The molecule has 0 bridgehead atoms. The van der Waals surface area contributed by atoms with Gasteiger partial charge in [0.15, 0.2) is 0 Å². The summed E-state index contributed by atoms with van der Waals surface area (Å²) in [4.78, 5) is 10.2. The molecule has 6 heteroatoms. The lowest BCUT2D eigenvalue weighted by molar-refractivity contribution is -0.136. The molecule has 2 N–H and O–H groups in total. The zero-order valence-corrected chi connectivity index (χ0v) is 9.42. The predicted molar refractivity (Wildman–Crippen MR) is 56.0 cm³/mol. The van der Waals surface area contributed by atoms with Crippen LogP contribution in [0.4, 0.5) is 0 Å². The Morgan fingerprint density at radius 1 is 1.40 bits per heavy atom. The average Bonchev–Trinajstić information content (AvgIpc) is 2.06. The molecule has 1 fully saturated rings. The first-order chi connectivity index (χ1) is 6.99. The standard InChI is InChI=1S/C9H17NO4S/c11-9(12)5-7-15(13,14)10-6-4-8-2-1-3-8/h8,10H,1-7H2,(H,11,12). The molecule has 0 spiro atoms. The minimum atomic E-state index is -3.39. The first-order valence-electron chi connectivity index (χ1n) is 5.19. The normalized spacial score (nSPS) is 17.3. The van der Waals surface area contributed by atoms with Crippen LogP contribution in [0.1, 0.15) is 32.1 Å². The van der Waals surface area contributed by atoms with E-state index in [9.17, 15) is 13.2 Å². The van der Waals surface area contributed by atoms with Gasteiger partial charge in [0.05, 0.1) is 12.2 Å². The minimum Gasteiger partial charge on any atom is -0.481 e. The van der Waals surface area contributed by atoms with Crippen molar-refractivity contribution in [3.05, 3.63) is 0 Å². The summed E-state index contributed by atoms with van der Waals surface area (Å²) in [6.07, 6.45) is 4.16. The highest BCUT2D eigenvalue weighted by atomic mass is 32.2. The number of carboxylic acid groups (broad SMARTS) is 1. The van der Waals surface area contributed by atoms with Crippen molar-refractivity contribution in [1.82, 2.24) is 4.72 Å². The molecule has 1 aliphatic rings. The summed E-state index contributed by atoms with van der Waals surface area (Å²) in [6.45, 7) is 0.437. The molecule has 0 unspecified atom stereocenters. The highest BCUT2D eigenvalue weighted by molar-refractivity contribution is 7.89. The van der Waals surface area contributed by atoms with E-state index in [1.165, 1.54) is 19.3 Å². The van der Waals surface area contributed by atoms with Crippen molar-refractivity contribution in [2.24, 2.45) is 5.92 Å². The molecule has 88 valence electrons. The third-order valence-electron chi connectivity index (χ3n) is 2.68.